The molecule has 23 heavy (non-hydrogen) atoms. The molecule has 0 radical (unpaired) electrons. The zero-order valence-electron chi connectivity index (χ0n) is 13.9. The van der Waals surface area contributed by atoms with Crippen LogP contribution in [-0.2, 0) is 0 Å². The molecule has 1 nitrogen and oxygen atoms in total. The second-order valence-electron chi connectivity index (χ2n) is 6.66. The van der Waals surface area contributed by atoms with E-state index in [2.05, 4.69) is 73.8 Å². The molecule has 0 aliphatic carbocycles. The Balaban J connectivity index is 0.00000192. The number of piperidine rings is 1. The molecule has 0 atom stereocenters. The van der Waals surface area contributed by atoms with Crippen LogP contribution in [0.15, 0.2) is 66.7 Å². The number of rotatable bonds is 4. The van der Waals surface area contributed by atoms with Gasteiger partial charge in [0.2, 0.25) is 0 Å². The van der Waals surface area contributed by atoms with Crippen LogP contribution < -0.4 is 24.0 Å². The number of quaternary nitrogens is 1. The summed E-state index contributed by atoms with van der Waals surface area (Å²) in [5.41, 5.74) is 4.00. The zero-order chi connectivity index (χ0) is 15.3. The lowest BCUT2D eigenvalue weighted by Gasteiger charge is -2.37. The van der Waals surface area contributed by atoms with E-state index < -0.39 is 0 Å². The van der Waals surface area contributed by atoms with Crippen LogP contribution in [0.2, 0.25) is 0 Å². The van der Waals surface area contributed by atoms with Crippen molar-refractivity contribution in [2.24, 2.45) is 0 Å². The van der Waals surface area contributed by atoms with Gasteiger partial charge in [0.1, 0.15) is 0 Å². The maximum Gasteiger partial charge on any atom is 0.0980 e. The molecule has 1 aliphatic heterocycles. The van der Waals surface area contributed by atoms with E-state index in [0.29, 0.717) is 0 Å². The molecule has 1 fully saturated rings. The fraction of sp³-hybridized carbons (Fsp3) is 0.333. The lowest BCUT2D eigenvalue weighted by Crippen LogP contribution is -3.00. The summed E-state index contributed by atoms with van der Waals surface area (Å²) in [6, 6.07) is 21.6. The summed E-state index contributed by atoms with van der Waals surface area (Å²) in [7, 11) is 2.41. The number of hydrogen-bond acceptors (Lipinski definition) is 0. The third-order valence-corrected chi connectivity index (χ3v) is 4.80. The highest BCUT2D eigenvalue weighted by atomic mass is 127. The Morgan fingerprint density at radius 1 is 0.826 bits per heavy atom. The maximum atomic E-state index is 2.45. The van der Waals surface area contributed by atoms with Crippen LogP contribution in [0.1, 0.15) is 30.4 Å². The van der Waals surface area contributed by atoms with Gasteiger partial charge in [0.15, 0.2) is 0 Å². The standard InChI is InChI=1S/C21H26N.HI/c1-22(16-9-4-10-17-22)18-15-21(19-11-5-2-6-12-19)20-13-7-3-8-14-20;/h2-3,5-8,11-15H,4,9-10,16-18H2,1H3;1H/q+1;/p-1. The molecule has 2 aromatic carbocycles. The normalized spacial score (nSPS) is 16.2. The molecule has 0 aromatic heterocycles. The van der Waals surface area contributed by atoms with Crippen LogP contribution in [0.3, 0.4) is 0 Å². The van der Waals surface area contributed by atoms with Crippen molar-refractivity contribution in [3.63, 3.8) is 0 Å². The Hall–Kier alpha value is -1.13. The van der Waals surface area contributed by atoms with Crippen LogP contribution in [0.5, 0.6) is 0 Å². The molecule has 0 bridgehead atoms. The third kappa shape index (κ3) is 4.92. The number of benzene rings is 2. The SMILES string of the molecule is C[N+]1(CC=C(c2ccccc2)c2ccccc2)CCCCC1.[I-]. The highest BCUT2D eigenvalue weighted by molar-refractivity contribution is 5.79. The second-order valence-corrected chi connectivity index (χ2v) is 6.66. The van der Waals surface area contributed by atoms with Crippen LogP contribution in [0.25, 0.3) is 5.57 Å². The summed E-state index contributed by atoms with van der Waals surface area (Å²) in [6.45, 7) is 3.75. The monoisotopic (exact) mass is 419 g/mol. The molecular weight excluding hydrogens is 393 g/mol. The molecule has 1 heterocycles. The molecule has 2 heteroatoms. The van der Waals surface area contributed by atoms with E-state index in [-0.39, 0.29) is 24.0 Å². The van der Waals surface area contributed by atoms with Gasteiger partial charge in [0, 0.05) is 0 Å². The fourth-order valence-corrected chi connectivity index (χ4v) is 3.41. The van der Waals surface area contributed by atoms with Gasteiger partial charge in [-0.2, -0.15) is 0 Å². The Morgan fingerprint density at radius 3 is 1.78 bits per heavy atom. The molecule has 1 saturated heterocycles. The van der Waals surface area contributed by atoms with Crippen molar-refractivity contribution in [1.82, 2.24) is 0 Å². The summed E-state index contributed by atoms with van der Waals surface area (Å²) < 4.78 is 1.18. The van der Waals surface area contributed by atoms with E-state index in [0.717, 1.165) is 6.54 Å². The molecule has 0 amide bonds. The van der Waals surface area contributed by atoms with E-state index in [4.69, 9.17) is 0 Å². The quantitative estimate of drug-likeness (QED) is 0.524. The molecule has 2 aromatic rings. The van der Waals surface area contributed by atoms with E-state index in [1.54, 1.807) is 0 Å². The van der Waals surface area contributed by atoms with E-state index >= 15 is 0 Å². The predicted molar refractivity (Wildman–Crippen MR) is 94.6 cm³/mol. The van der Waals surface area contributed by atoms with Gasteiger partial charge in [-0.15, -0.1) is 0 Å². The Bertz CT molecular complexity index is 571. The Kier molecular flexibility index (Phi) is 6.85. The van der Waals surface area contributed by atoms with E-state index in [9.17, 15) is 0 Å². The molecule has 122 valence electrons. The van der Waals surface area contributed by atoms with Gasteiger partial charge >= 0.3 is 0 Å². The molecule has 1 aliphatic rings. The number of likely N-dealkylation sites (N-methyl/N-ethyl adjacent to an activating group) is 1. The first-order chi connectivity index (χ1) is 10.8. The summed E-state index contributed by atoms with van der Waals surface area (Å²) in [5.74, 6) is 0. The van der Waals surface area contributed by atoms with Crippen molar-refractivity contribution in [1.29, 1.82) is 0 Å². The smallest absolute Gasteiger partial charge is 0.0980 e. The molecular formula is C21H26IN. The van der Waals surface area contributed by atoms with Gasteiger partial charge in [-0.25, -0.2) is 0 Å². The van der Waals surface area contributed by atoms with Crippen molar-refractivity contribution in [3.05, 3.63) is 77.9 Å². The van der Waals surface area contributed by atoms with Crippen molar-refractivity contribution in [3.8, 4) is 0 Å². The highest BCUT2D eigenvalue weighted by Gasteiger charge is 2.23. The number of likely N-dealkylation sites (tertiary alicyclic amines) is 1. The minimum absolute atomic E-state index is 0. The molecule has 0 unspecified atom stereocenters. The van der Waals surface area contributed by atoms with Crippen molar-refractivity contribution in [2.45, 2.75) is 19.3 Å². The minimum atomic E-state index is 0. The number of hydrogen-bond donors (Lipinski definition) is 0. The van der Waals surface area contributed by atoms with Crippen molar-refractivity contribution in [2.75, 3.05) is 26.7 Å². The largest absolute Gasteiger partial charge is 1.00 e. The first-order valence-electron chi connectivity index (χ1n) is 8.41. The van der Waals surface area contributed by atoms with E-state index in [1.807, 2.05) is 0 Å². The van der Waals surface area contributed by atoms with Crippen molar-refractivity contribution >= 4 is 5.57 Å². The average Bonchev–Trinajstić information content (AvgIpc) is 2.58. The van der Waals surface area contributed by atoms with Gasteiger partial charge in [-0.1, -0.05) is 60.7 Å². The zero-order valence-corrected chi connectivity index (χ0v) is 16.1. The van der Waals surface area contributed by atoms with Gasteiger partial charge < -0.3 is 28.5 Å². The molecule has 0 N–H and O–H groups in total. The van der Waals surface area contributed by atoms with Crippen molar-refractivity contribution < 1.29 is 28.5 Å². The topological polar surface area (TPSA) is 0 Å². The molecule has 0 saturated carbocycles. The van der Waals surface area contributed by atoms with Gasteiger partial charge in [-0.3, -0.25) is 0 Å². The predicted octanol–water partition coefficient (Wildman–Crippen LogP) is 1.75. The second kappa shape index (κ2) is 8.65. The number of nitrogens with zero attached hydrogens (tertiary/aromatic N) is 1. The van der Waals surface area contributed by atoms with Crippen LogP contribution in [0, 0.1) is 0 Å². The molecule has 0 spiro atoms. The average molecular weight is 419 g/mol. The highest BCUT2D eigenvalue weighted by Crippen LogP contribution is 2.24. The Labute approximate surface area is 157 Å². The first-order valence-corrected chi connectivity index (χ1v) is 8.41. The molecule has 3 rings (SSSR count). The maximum absolute atomic E-state index is 2.45. The summed E-state index contributed by atoms with van der Waals surface area (Å²) in [6.07, 6.45) is 6.60. The first kappa shape index (κ1) is 18.2. The fourth-order valence-electron chi connectivity index (χ4n) is 3.41. The third-order valence-electron chi connectivity index (χ3n) is 4.80. The Morgan fingerprint density at radius 2 is 1.30 bits per heavy atom. The van der Waals surface area contributed by atoms with Gasteiger partial charge in [0.25, 0.3) is 0 Å². The lowest BCUT2D eigenvalue weighted by atomic mass is 9.97. The van der Waals surface area contributed by atoms with Crippen LogP contribution in [0.4, 0.5) is 0 Å². The summed E-state index contributed by atoms with van der Waals surface area (Å²) in [5, 5.41) is 0. The number of halogens is 1. The van der Waals surface area contributed by atoms with Crippen LogP contribution in [-0.4, -0.2) is 31.2 Å². The summed E-state index contributed by atoms with van der Waals surface area (Å²) in [4.78, 5) is 0. The summed E-state index contributed by atoms with van der Waals surface area (Å²) >= 11 is 0. The van der Waals surface area contributed by atoms with Gasteiger partial charge in [0.05, 0.1) is 26.7 Å². The van der Waals surface area contributed by atoms with Crippen LogP contribution >= 0.6 is 0 Å². The lowest BCUT2D eigenvalue weighted by molar-refractivity contribution is -0.908. The van der Waals surface area contributed by atoms with E-state index in [1.165, 1.54) is 53.5 Å². The van der Waals surface area contributed by atoms with Gasteiger partial charge in [-0.05, 0) is 42.0 Å². The minimum Gasteiger partial charge on any atom is -1.00 e.